The standard InChI is InChI=1S/C43H53NO13/c1-22-27(54-38(51)33(48)31(24-15-11-9-12-16-24)44-39(52)57-40(3,4)5)19-26-34(55-37(50)25-17-13-10-14-18-25)35-42(8,36(49)32(47)30(22)41(26,6)7)28(46)20-29-43(35,21-53-29)56-23(2)45/h9-18,26-29,31-35,46-48H,19-21H2,1-8H3,(H,44,52)/t26?,27-,28-,29+,31-,32+,33+,34+,35-,42+,43-/m0/s1. The van der Waals surface area contributed by atoms with Crippen LogP contribution in [0, 0.1) is 22.7 Å². The number of carbonyl (C=O) groups excluding carboxylic acids is 5. The summed E-state index contributed by atoms with van der Waals surface area (Å²) in [4.78, 5) is 68.8. The van der Waals surface area contributed by atoms with Gasteiger partial charge in [0.15, 0.2) is 17.5 Å². The Morgan fingerprint density at radius 2 is 1.54 bits per heavy atom. The normalized spacial score (nSPS) is 32.8. The van der Waals surface area contributed by atoms with E-state index in [1.54, 1.807) is 102 Å². The molecule has 1 heterocycles. The molecule has 3 aliphatic carbocycles. The summed E-state index contributed by atoms with van der Waals surface area (Å²) in [6, 6.07) is 15.2. The van der Waals surface area contributed by atoms with Crippen molar-refractivity contribution in [1.29, 1.82) is 0 Å². The van der Waals surface area contributed by atoms with E-state index in [1.807, 2.05) is 0 Å². The topological polar surface area (TPSA) is 204 Å². The Morgan fingerprint density at radius 1 is 0.930 bits per heavy atom. The average Bonchev–Trinajstić information content (AvgIpc) is 3.13. The molecular formula is C43H53NO13. The predicted molar refractivity (Wildman–Crippen MR) is 202 cm³/mol. The lowest BCUT2D eigenvalue weighted by atomic mass is 9.46. The molecule has 0 radical (unpaired) electrons. The van der Waals surface area contributed by atoms with Crippen LogP contribution in [0.1, 0.15) is 90.2 Å². The van der Waals surface area contributed by atoms with Crippen molar-refractivity contribution >= 4 is 29.8 Å². The predicted octanol–water partition coefficient (Wildman–Crippen LogP) is 4.14. The molecule has 308 valence electrons. The molecule has 1 saturated heterocycles. The fraction of sp³-hybridized carbons (Fsp3) is 0.558. The van der Waals surface area contributed by atoms with Gasteiger partial charge in [0.25, 0.3) is 0 Å². The van der Waals surface area contributed by atoms with Gasteiger partial charge in [0.2, 0.25) is 0 Å². The Morgan fingerprint density at radius 3 is 2.11 bits per heavy atom. The fourth-order valence-electron chi connectivity index (χ4n) is 9.64. The van der Waals surface area contributed by atoms with Crippen LogP contribution in [-0.2, 0) is 38.1 Å². The Hall–Kier alpha value is -4.63. The molecule has 1 unspecified atom stereocenters. The van der Waals surface area contributed by atoms with E-state index in [1.165, 1.54) is 13.8 Å². The highest BCUT2D eigenvalue weighted by Gasteiger charge is 2.75. The van der Waals surface area contributed by atoms with Crippen LogP contribution in [0.2, 0.25) is 0 Å². The first kappa shape index (κ1) is 42.0. The number of ketones is 1. The second-order valence-electron chi connectivity index (χ2n) is 17.4. The molecule has 2 aromatic carbocycles. The Balaban J connectivity index is 1.45. The molecule has 57 heavy (non-hydrogen) atoms. The maximum Gasteiger partial charge on any atom is 0.408 e. The van der Waals surface area contributed by atoms with E-state index in [0.29, 0.717) is 11.1 Å². The van der Waals surface area contributed by atoms with Crippen molar-refractivity contribution in [3.05, 3.63) is 82.9 Å². The number of aliphatic hydroxyl groups excluding tert-OH is 3. The number of Topliss-reactive ketones (excluding diaryl/α,β-unsaturated/α-hetero) is 1. The summed E-state index contributed by atoms with van der Waals surface area (Å²) in [5.41, 5.74) is -4.27. The lowest BCUT2D eigenvalue weighted by molar-refractivity contribution is -0.335. The van der Waals surface area contributed by atoms with Crippen LogP contribution in [0.3, 0.4) is 0 Å². The molecule has 1 aliphatic heterocycles. The van der Waals surface area contributed by atoms with Gasteiger partial charge in [0, 0.05) is 19.3 Å². The Labute approximate surface area is 331 Å². The minimum atomic E-state index is -1.95. The zero-order chi connectivity index (χ0) is 41.8. The van der Waals surface area contributed by atoms with Crippen LogP contribution >= 0.6 is 0 Å². The van der Waals surface area contributed by atoms with Crippen molar-refractivity contribution in [2.75, 3.05) is 6.61 Å². The van der Waals surface area contributed by atoms with Crippen LogP contribution in [-0.4, -0.2) is 99.5 Å². The van der Waals surface area contributed by atoms with Crippen molar-refractivity contribution in [2.24, 2.45) is 22.7 Å². The first-order chi connectivity index (χ1) is 26.6. The largest absolute Gasteiger partial charge is 0.458 e. The molecule has 6 rings (SSSR count). The van der Waals surface area contributed by atoms with E-state index in [0.717, 1.165) is 0 Å². The van der Waals surface area contributed by atoms with Gasteiger partial charge in [-0.15, -0.1) is 0 Å². The van der Waals surface area contributed by atoms with E-state index < -0.39 is 106 Å². The lowest BCUT2D eigenvalue weighted by Gasteiger charge is -2.65. The molecule has 2 aromatic rings. The van der Waals surface area contributed by atoms with Crippen molar-refractivity contribution < 1.29 is 63.0 Å². The van der Waals surface area contributed by atoms with Crippen LogP contribution in [0.5, 0.6) is 0 Å². The van der Waals surface area contributed by atoms with Gasteiger partial charge in [-0.2, -0.15) is 0 Å². The van der Waals surface area contributed by atoms with Crippen LogP contribution in [0.15, 0.2) is 71.8 Å². The molecule has 0 aromatic heterocycles. The van der Waals surface area contributed by atoms with E-state index in [2.05, 4.69) is 5.32 Å². The van der Waals surface area contributed by atoms with Gasteiger partial charge in [0.05, 0.1) is 35.6 Å². The lowest BCUT2D eigenvalue weighted by Crippen LogP contribution is -2.79. The highest BCUT2D eigenvalue weighted by Crippen LogP contribution is 2.63. The molecule has 3 fully saturated rings. The van der Waals surface area contributed by atoms with Gasteiger partial charge in [0.1, 0.15) is 30.0 Å². The SMILES string of the molecule is CC(=O)O[C@@]12CO[C@@H]1C[C@H](O)[C@@]1(C)C(=O)[C@H](O)C3=C(C)[C@@H](OC(=O)[C@H](O)[C@@H](NC(=O)OC(C)(C)C)c4ccccc4)CC([C@@H](OC(=O)c4ccccc4)[C@H]21)C3(C)C. The minimum absolute atomic E-state index is 0.0473. The molecule has 14 heteroatoms. The van der Waals surface area contributed by atoms with E-state index in [4.69, 9.17) is 23.7 Å². The number of rotatable bonds is 8. The summed E-state index contributed by atoms with van der Waals surface area (Å²) in [7, 11) is 0. The molecule has 4 aliphatic rings. The first-order valence-electron chi connectivity index (χ1n) is 19.2. The second kappa shape index (κ2) is 15.3. The Kier molecular flexibility index (Phi) is 11.3. The van der Waals surface area contributed by atoms with Gasteiger partial charge < -0.3 is 44.3 Å². The smallest absolute Gasteiger partial charge is 0.408 e. The third-order valence-electron chi connectivity index (χ3n) is 12.4. The zero-order valence-corrected chi connectivity index (χ0v) is 33.5. The molecule has 0 spiro atoms. The van der Waals surface area contributed by atoms with E-state index in [9.17, 15) is 39.3 Å². The fourth-order valence-corrected chi connectivity index (χ4v) is 9.64. The summed E-state index contributed by atoms with van der Waals surface area (Å²) in [6.45, 7) is 12.7. The van der Waals surface area contributed by atoms with Crippen LogP contribution < -0.4 is 5.32 Å². The number of alkyl carbamates (subject to hydrolysis) is 1. The molecule has 14 nitrogen and oxygen atoms in total. The Bertz CT molecular complexity index is 1920. The van der Waals surface area contributed by atoms with Gasteiger partial charge in [-0.1, -0.05) is 62.4 Å². The highest BCUT2D eigenvalue weighted by atomic mass is 16.6. The number of aliphatic hydroxyl groups is 3. The van der Waals surface area contributed by atoms with E-state index in [-0.39, 0.29) is 30.6 Å². The molecule has 11 atom stereocenters. The monoisotopic (exact) mass is 791 g/mol. The van der Waals surface area contributed by atoms with Crippen molar-refractivity contribution in [3.8, 4) is 0 Å². The summed E-state index contributed by atoms with van der Waals surface area (Å²) in [6.07, 6.45) is -9.56. The number of nitrogens with one attached hydrogen (secondary N) is 1. The van der Waals surface area contributed by atoms with Gasteiger partial charge in [-0.3, -0.25) is 9.59 Å². The number of hydrogen-bond donors (Lipinski definition) is 4. The number of hydrogen-bond acceptors (Lipinski definition) is 13. The summed E-state index contributed by atoms with van der Waals surface area (Å²) in [5, 5.41) is 38.2. The number of ether oxygens (including phenoxy) is 5. The molecule has 2 saturated carbocycles. The van der Waals surface area contributed by atoms with Gasteiger partial charge in [-0.05, 0) is 75.3 Å². The maximum absolute atomic E-state index is 14.9. The number of benzene rings is 2. The second-order valence-corrected chi connectivity index (χ2v) is 17.4. The molecule has 2 bridgehead atoms. The third kappa shape index (κ3) is 7.48. The van der Waals surface area contributed by atoms with Crippen molar-refractivity contribution in [2.45, 2.75) is 122 Å². The number of fused-ring (bicyclic) bond motifs is 5. The zero-order valence-electron chi connectivity index (χ0n) is 33.5. The summed E-state index contributed by atoms with van der Waals surface area (Å²) >= 11 is 0. The van der Waals surface area contributed by atoms with E-state index >= 15 is 0 Å². The van der Waals surface area contributed by atoms with Gasteiger partial charge in [-0.25, -0.2) is 14.4 Å². The number of carbonyl (C=O) groups is 5. The highest BCUT2D eigenvalue weighted by molar-refractivity contribution is 5.94. The number of esters is 3. The van der Waals surface area contributed by atoms with Crippen molar-refractivity contribution in [3.63, 3.8) is 0 Å². The molecular weight excluding hydrogens is 738 g/mol. The summed E-state index contributed by atoms with van der Waals surface area (Å²) in [5.74, 6) is -5.44. The minimum Gasteiger partial charge on any atom is -0.458 e. The number of amides is 1. The summed E-state index contributed by atoms with van der Waals surface area (Å²) < 4.78 is 29.9. The third-order valence-corrected chi connectivity index (χ3v) is 12.4. The van der Waals surface area contributed by atoms with Crippen LogP contribution in [0.4, 0.5) is 4.79 Å². The molecule has 4 N–H and O–H groups in total. The maximum atomic E-state index is 14.9. The first-order valence-corrected chi connectivity index (χ1v) is 19.2. The van der Waals surface area contributed by atoms with Crippen molar-refractivity contribution in [1.82, 2.24) is 5.32 Å². The van der Waals surface area contributed by atoms with Crippen LogP contribution in [0.25, 0.3) is 0 Å². The van der Waals surface area contributed by atoms with Gasteiger partial charge >= 0.3 is 24.0 Å². The quantitative estimate of drug-likeness (QED) is 0.169. The molecule has 1 amide bonds. The average molecular weight is 792 g/mol.